The molecule has 0 radical (unpaired) electrons. The van der Waals surface area contributed by atoms with Gasteiger partial charge in [0.25, 0.3) is 5.91 Å². The minimum Gasteiger partial charge on any atom is -0.369 e. The number of thiocarbonyl (C=S) groups is 1. The first-order valence-corrected chi connectivity index (χ1v) is 14.3. The van der Waals surface area contributed by atoms with Gasteiger partial charge in [0.05, 0.1) is 30.8 Å². The van der Waals surface area contributed by atoms with Crippen molar-refractivity contribution in [3.8, 4) is 0 Å². The van der Waals surface area contributed by atoms with Crippen LogP contribution in [0.1, 0.15) is 22.3 Å². The Labute approximate surface area is 239 Å². The fourth-order valence-corrected chi connectivity index (χ4v) is 6.01. The smallest absolute Gasteiger partial charge is 0.251 e. The fraction of sp³-hybridized carbons (Fsp3) is 0.323. The lowest BCUT2D eigenvalue weighted by molar-refractivity contribution is 0.0951. The zero-order valence-electron chi connectivity index (χ0n) is 22.4. The summed E-state index contributed by atoms with van der Waals surface area (Å²) in [5, 5.41) is 3.08. The van der Waals surface area contributed by atoms with E-state index >= 15 is 0 Å². The van der Waals surface area contributed by atoms with Crippen LogP contribution in [-0.2, 0) is 6.54 Å². The summed E-state index contributed by atoms with van der Waals surface area (Å²) >= 11 is 5.85. The maximum absolute atomic E-state index is 14.6. The normalized spacial score (nSPS) is 18.6. The molecule has 0 saturated carbocycles. The lowest BCUT2D eigenvalue weighted by Gasteiger charge is -2.40. The predicted molar refractivity (Wildman–Crippen MR) is 163 cm³/mol. The van der Waals surface area contributed by atoms with Crippen LogP contribution in [0.5, 0.6) is 0 Å². The molecule has 3 heterocycles. The van der Waals surface area contributed by atoms with Gasteiger partial charge in [-0.25, -0.2) is 4.39 Å². The van der Waals surface area contributed by atoms with Crippen molar-refractivity contribution < 1.29 is 9.18 Å². The first kappa shape index (κ1) is 26.4. The number of nitrogens with one attached hydrogen (secondary N) is 1. The SMILES string of the molecule is O=C(NCCCN1CCN(c2ccccc2)CC1)c1ccc2c(c1)N(Cc1ccccc1F)C(=S)C1CN=CN21. The van der Waals surface area contributed by atoms with Crippen molar-refractivity contribution in [2.75, 3.05) is 60.5 Å². The Morgan fingerprint density at radius 3 is 2.55 bits per heavy atom. The lowest BCUT2D eigenvalue weighted by atomic mass is 10.0. The van der Waals surface area contributed by atoms with Crippen LogP contribution in [-0.4, -0.2) is 74.0 Å². The molecule has 40 heavy (non-hydrogen) atoms. The summed E-state index contributed by atoms with van der Waals surface area (Å²) in [6.07, 6.45) is 2.69. The van der Waals surface area contributed by atoms with Crippen molar-refractivity contribution in [2.24, 2.45) is 4.99 Å². The summed E-state index contributed by atoms with van der Waals surface area (Å²) in [5.74, 6) is -0.391. The predicted octanol–water partition coefficient (Wildman–Crippen LogP) is 4.33. The van der Waals surface area contributed by atoms with Gasteiger partial charge in [0, 0.05) is 49.5 Å². The van der Waals surface area contributed by atoms with Gasteiger partial charge in [-0.3, -0.25) is 14.7 Å². The second kappa shape index (κ2) is 11.7. The van der Waals surface area contributed by atoms with Crippen molar-refractivity contribution in [1.82, 2.24) is 10.2 Å². The summed E-state index contributed by atoms with van der Waals surface area (Å²) in [6, 6.07) is 22.8. The molecule has 1 saturated heterocycles. The number of piperazine rings is 1. The summed E-state index contributed by atoms with van der Waals surface area (Å²) in [7, 11) is 0. The number of rotatable bonds is 8. The first-order valence-electron chi connectivity index (χ1n) is 13.9. The van der Waals surface area contributed by atoms with Crippen LogP contribution in [0.3, 0.4) is 0 Å². The van der Waals surface area contributed by atoms with Gasteiger partial charge in [-0.2, -0.15) is 0 Å². The molecule has 0 aromatic heterocycles. The number of carbonyl (C=O) groups excluding carboxylic acids is 1. The molecule has 1 amide bonds. The number of fused-ring (bicyclic) bond motifs is 3. The minimum atomic E-state index is -0.271. The third kappa shape index (κ3) is 5.44. The van der Waals surface area contributed by atoms with E-state index in [1.165, 1.54) is 11.8 Å². The average Bonchev–Trinajstić information content (AvgIpc) is 3.49. The topological polar surface area (TPSA) is 54.4 Å². The zero-order chi connectivity index (χ0) is 27.5. The Morgan fingerprint density at radius 2 is 1.75 bits per heavy atom. The molecule has 206 valence electrons. The number of aliphatic imine (C=N–C) groups is 1. The van der Waals surface area contributed by atoms with E-state index in [9.17, 15) is 9.18 Å². The molecule has 0 aliphatic carbocycles. The van der Waals surface area contributed by atoms with Gasteiger partial charge in [-0.1, -0.05) is 48.6 Å². The largest absolute Gasteiger partial charge is 0.369 e. The highest BCUT2D eigenvalue weighted by Crippen LogP contribution is 2.39. The standard InChI is InChI=1S/C31H33FN6OS/c32-26-10-5-4-7-24(26)21-37-28-19-23(11-12-27(28)38-22-33-20-29(38)31(37)40)30(39)34-13-6-14-35-15-17-36(18-16-35)25-8-2-1-3-9-25/h1-5,7-12,19,22,29H,6,13-18,20-21H2,(H,34,39). The second-order valence-electron chi connectivity index (χ2n) is 10.4. The Kier molecular flexibility index (Phi) is 7.75. The number of amides is 1. The first-order chi connectivity index (χ1) is 19.6. The number of hydrogen-bond donors (Lipinski definition) is 1. The van der Waals surface area contributed by atoms with E-state index in [1.54, 1.807) is 18.5 Å². The average molecular weight is 557 g/mol. The summed E-state index contributed by atoms with van der Waals surface area (Å²) in [4.78, 5) is 27.1. The van der Waals surface area contributed by atoms with Gasteiger partial charge in [0.2, 0.25) is 0 Å². The van der Waals surface area contributed by atoms with Gasteiger partial charge < -0.3 is 20.0 Å². The van der Waals surface area contributed by atoms with Gasteiger partial charge in [0.15, 0.2) is 0 Å². The van der Waals surface area contributed by atoms with Crippen molar-refractivity contribution in [3.63, 3.8) is 0 Å². The third-order valence-corrected chi connectivity index (χ3v) is 8.39. The molecule has 0 spiro atoms. The molecular weight excluding hydrogens is 523 g/mol. The lowest BCUT2D eigenvalue weighted by Crippen LogP contribution is -2.51. The van der Waals surface area contributed by atoms with Crippen LogP contribution >= 0.6 is 12.2 Å². The number of nitrogens with zero attached hydrogens (tertiary/aromatic N) is 5. The molecule has 7 nitrogen and oxygen atoms in total. The summed E-state index contributed by atoms with van der Waals surface area (Å²) in [6.45, 7) is 6.48. The molecule has 3 aromatic rings. The fourth-order valence-electron chi connectivity index (χ4n) is 5.66. The van der Waals surface area contributed by atoms with E-state index in [2.05, 4.69) is 49.3 Å². The van der Waals surface area contributed by atoms with E-state index in [4.69, 9.17) is 12.2 Å². The molecule has 3 aliphatic heterocycles. The number of carbonyl (C=O) groups is 1. The number of halogens is 1. The molecular formula is C31H33FN6OS. The number of hydrogen-bond acceptors (Lipinski definition) is 6. The van der Waals surface area contributed by atoms with Crippen molar-refractivity contribution in [2.45, 2.75) is 19.0 Å². The Morgan fingerprint density at radius 1 is 0.975 bits per heavy atom. The summed E-state index contributed by atoms with van der Waals surface area (Å²) in [5.41, 5.74) is 4.11. The maximum Gasteiger partial charge on any atom is 0.251 e. The minimum absolute atomic E-state index is 0.0801. The van der Waals surface area contributed by atoms with E-state index in [0.29, 0.717) is 35.7 Å². The van der Waals surface area contributed by atoms with Crippen molar-refractivity contribution in [3.05, 3.63) is 89.7 Å². The van der Waals surface area contributed by atoms with Crippen LogP contribution in [0.15, 0.2) is 77.8 Å². The van der Waals surface area contributed by atoms with Crippen LogP contribution in [0.2, 0.25) is 0 Å². The van der Waals surface area contributed by atoms with Gasteiger partial charge in [-0.15, -0.1) is 0 Å². The quantitative estimate of drug-likeness (QED) is 0.329. The van der Waals surface area contributed by atoms with E-state index < -0.39 is 0 Å². The Hall–Kier alpha value is -3.82. The number of benzene rings is 3. The van der Waals surface area contributed by atoms with Crippen LogP contribution < -0.4 is 20.0 Å². The van der Waals surface area contributed by atoms with Crippen LogP contribution in [0.25, 0.3) is 0 Å². The highest BCUT2D eigenvalue weighted by molar-refractivity contribution is 7.80. The Bertz CT molecular complexity index is 1410. The third-order valence-electron chi connectivity index (χ3n) is 7.89. The molecule has 0 bridgehead atoms. The molecule has 9 heteroatoms. The van der Waals surface area contributed by atoms with Gasteiger partial charge >= 0.3 is 0 Å². The molecule has 1 fully saturated rings. The monoisotopic (exact) mass is 556 g/mol. The number of para-hydroxylation sites is 1. The molecule has 1 atom stereocenters. The van der Waals surface area contributed by atoms with E-state index in [0.717, 1.165) is 50.5 Å². The maximum atomic E-state index is 14.6. The zero-order valence-corrected chi connectivity index (χ0v) is 23.2. The van der Waals surface area contributed by atoms with E-state index in [-0.39, 0.29) is 17.8 Å². The molecule has 6 rings (SSSR count). The molecule has 3 aliphatic rings. The van der Waals surface area contributed by atoms with Crippen molar-refractivity contribution in [1.29, 1.82) is 0 Å². The molecule has 1 N–H and O–H groups in total. The molecule has 3 aromatic carbocycles. The highest BCUT2D eigenvalue weighted by atomic mass is 32.1. The van der Waals surface area contributed by atoms with Crippen LogP contribution in [0.4, 0.5) is 21.5 Å². The second-order valence-corrected chi connectivity index (χ2v) is 10.8. The molecule has 1 unspecified atom stereocenters. The highest BCUT2D eigenvalue weighted by Gasteiger charge is 2.37. The van der Waals surface area contributed by atoms with E-state index in [1.807, 2.05) is 35.2 Å². The Balaban J connectivity index is 1.07. The van der Waals surface area contributed by atoms with Crippen molar-refractivity contribution >= 4 is 46.5 Å². The number of anilines is 3. The van der Waals surface area contributed by atoms with Gasteiger partial charge in [-0.05, 0) is 49.4 Å². The summed E-state index contributed by atoms with van der Waals surface area (Å²) < 4.78 is 14.6. The van der Waals surface area contributed by atoms with Gasteiger partial charge in [0.1, 0.15) is 16.8 Å². The van der Waals surface area contributed by atoms with Crippen LogP contribution in [0, 0.1) is 5.82 Å².